The van der Waals surface area contributed by atoms with Crippen LogP contribution in [0.3, 0.4) is 0 Å². The molecule has 3 aliphatic rings. The summed E-state index contributed by atoms with van der Waals surface area (Å²) in [6, 6.07) is 0. The number of hydrogen-bond acceptors (Lipinski definition) is 0. The molecule has 3 fully saturated rings. The zero-order valence-electron chi connectivity index (χ0n) is 20.8. The van der Waals surface area contributed by atoms with Gasteiger partial charge in [-0.1, -0.05) is 90.0 Å². The molecule has 0 spiro atoms. The van der Waals surface area contributed by atoms with Gasteiger partial charge in [-0.25, -0.2) is 0 Å². The molecule has 5 unspecified atom stereocenters. The smallest absolute Gasteiger partial charge is 0 e. The van der Waals surface area contributed by atoms with Crippen LogP contribution >= 0.6 is 0 Å². The van der Waals surface area contributed by atoms with Crippen LogP contribution in [0.4, 0.5) is 0 Å². The van der Waals surface area contributed by atoms with Crippen molar-refractivity contribution in [3.8, 4) is 0 Å². The minimum Gasteiger partial charge on any atom is -0.0956 e. The highest BCUT2D eigenvalue weighted by atomic mass is 14.5. The van der Waals surface area contributed by atoms with E-state index in [0.29, 0.717) is 17.3 Å². The van der Waals surface area contributed by atoms with Crippen molar-refractivity contribution in [2.24, 2.45) is 40.9 Å². The average Bonchev–Trinajstić information content (AvgIpc) is 2.71. The van der Waals surface area contributed by atoms with Gasteiger partial charge in [0.05, 0.1) is 0 Å². The Hall–Kier alpha value is -1.04. The number of hydrogen-bond donors (Lipinski definition) is 0. The van der Waals surface area contributed by atoms with Crippen molar-refractivity contribution in [3.63, 3.8) is 0 Å². The lowest BCUT2D eigenvalue weighted by Gasteiger charge is -2.53. The summed E-state index contributed by atoms with van der Waals surface area (Å²) in [5.74, 6) is 4.53. The molecule has 3 rings (SSSR count). The molecule has 30 heavy (non-hydrogen) atoms. The van der Waals surface area contributed by atoms with E-state index in [1.165, 1.54) is 68.9 Å². The van der Waals surface area contributed by atoms with Crippen LogP contribution in [0.2, 0.25) is 0 Å². The van der Waals surface area contributed by atoms with Crippen molar-refractivity contribution >= 4 is 0 Å². The third-order valence-corrected chi connectivity index (χ3v) is 9.14. The number of rotatable bonds is 5. The molecule has 0 bridgehead atoms. The summed E-state index contributed by atoms with van der Waals surface area (Å²) in [7, 11) is 0. The van der Waals surface area contributed by atoms with Crippen molar-refractivity contribution in [2.45, 2.75) is 99.3 Å². The van der Waals surface area contributed by atoms with Gasteiger partial charge in [0, 0.05) is 1.43 Å². The third-order valence-electron chi connectivity index (χ3n) is 9.14. The van der Waals surface area contributed by atoms with Gasteiger partial charge in [-0.2, -0.15) is 0 Å². The quantitative estimate of drug-likeness (QED) is 0.396. The number of allylic oxidation sites excluding steroid dienone is 7. The Kier molecular flexibility index (Phi) is 7.92. The summed E-state index contributed by atoms with van der Waals surface area (Å²) < 4.78 is 0. The van der Waals surface area contributed by atoms with Crippen molar-refractivity contribution in [1.29, 1.82) is 0 Å². The Morgan fingerprint density at radius 1 is 1.00 bits per heavy atom. The average molecular weight is 411 g/mol. The maximum absolute atomic E-state index is 4.37. The first kappa shape index (κ1) is 23.6. The first-order chi connectivity index (χ1) is 14.2. The second kappa shape index (κ2) is 10.1. The maximum atomic E-state index is 4.37. The Balaban J connectivity index is 0.00000341. The van der Waals surface area contributed by atoms with Crippen molar-refractivity contribution in [3.05, 3.63) is 47.6 Å². The molecule has 0 aromatic heterocycles. The van der Waals surface area contributed by atoms with Crippen molar-refractivity contribution < 1.29 is 1.43 Å². The summed E-state index contributed by atoms with van der Waals surface area (Å²) in [6.07, 6.45) is 22.1. The molecule has 0 heteroatoms. The fraction of sp³-hybridized carbons (Fsp3) is 0.733. The predicted octanol–water partition coefficient (Wildman–Crippen LogP) is 9.55. The highest BCUT2D eigenvalue weighted by Crippen LogP contribution is 2.57. The predicted molar refractivity (Wildman–Crippen MR) is 136 cm³/mol. The zero-order chi connectivity index (χ0) is 21.9. The van der Waals surface area contributed by atoms with Gasteiger partial charge in [-0.15, -0.1) is 0 Å². The molecule has 0 amide bonds. The Labute approximate surface area is 189 Å². The molecule has 3 saturated carbocycles. The normalized spacial score (nSPS) is 37.7. The summed E-state index contributed by atoms with van der Waals surface area (Å²) in [5.41, 5.74) is 5.14. The lowest BCUT2D eigenvalue weighted by molar-refractivity contribution is 0.0122. The molecule has 0 N–H and O–H groups in total. The highest BCUT2D eigenvalue weighted by Gasteiger charge is 2.47. The number of fused-ring (bicyclic) bond motifs is 1. The molecule has 0 aromatic carbocycles. The van der Waals surface area contributed by atoms with Crippen LogP contribution in [0.15, 0.2) is 47.6 Å². The standard InChI is InChI=1S/C30H48.H2/c1-21(2)23(4)15-16-25(6)28-11-8-12-29-26(10-9-19-30(28,29)7)17-18-27-20-22(3)13-14-24(27)5;/h15-18,21-23,25,28-29H,5,8-14,19-20H2,1-4,6-7H3;1H/b16-15+,26-17+,27-18-;/t22?,23?,25?,28?,29?,30-;/m1./s1. The largest absolute Gasteiger partial charge is 0.0956 e. The topological polar surface area (TPSA) is 0 Å². The molecule has 0 heterocycles. The molecule has 0 radical (unpaired) electrons. The van der Waals surface area contributed by atoms with E-state index in [2.05, 4.69) is 72.4 Å². The first-order valence-electron chi connectivity index (χ1n) is 13.0. The van der Waals surface area contributed by atoms with Gasteiger partial charge in [0.15, 0.2) is 0 Å². The van der Waals surface area contributed by atoms with Crippen LogP contribution < -0.4 is 0 Å². The molecular formula is C30H50. The van der Waals surface area contributed by atoms with E-state index in [-0.39, 0.29) is 1.43 Å². The first-order valence-corrected chi connectivity index (χ1v) is 13.0. The lowest BCUT2D eigenvalue weighted by atomic mass is 9.51. The van der Waals surface area contributed by atoms with Crippen LogP contribution in [-0.4, -0.2) is 0 Å². The van der Waals surface area contributed by atoms with Gasteiger partial charge >= 0.3 is 0 Å². The summed E-state index contributed by atoms with van der Waals surface area (Å²) in [5, 5.41) is 0. The molecule has 0 aliphatic heterocycles. The van der Waals surface area contributed by atoms with E-state index < -0.39 is 0 Å². The Morgan fingerprint density at radius 2 is 1.77 bits per heavy atom. The van der Waals surface area contributed by atoms with Crippen molar-refractivity contribution in [1.82, 2.24) is 0 Å². The Bertz CT molecular complexity index is 693. The van der Waals surface area contributed by atoms with E-state index in [1.807, 2.05) is 0 Å². The van der Waals surface area contributed by atoms with E-state index in [0.717, 1.165) is 23.7 Å². The van der Waals surface area contributed by atoms with Gasteiger partial charge in [0.25, 0.3) is 0 Å². The second-order valence-electron chi connectivity index (χ2n) is 11.7. The minimum atomic E-state index is 0. The van der Waals surface area contributed by atoms with Crippen LogP contribution in [0.1, 0.15) is 101 Å². The summed E-state index contributed by atoms with van der Waals surface area (Å²) in [4.78, 5) is 0. The molecule has 0 aromatic rings. The van der Waals surface area contributed by atoms with Crippen LogP contribution in [0, 0.1) is 40.9 Å². The molecule has 0 saturated heterocycles. The monoisotopic (exact) mass is 410 g/mol. The van der Waals surface area contributed by atoms with Crippen LogP contribution in [0.5, 0.6) is 0 Å². The fourth-order valence-corrected chi connectivity index (χ4v) is 6.64. The van der Waals surface area contributed by atoms with Crippen LogP contribution in [-0.2, 0) is 0 Å². The van der Waals surface area contributed by atoms with E-state index in [9.17, 15) is 0 Å². The van der Waals surface area contributed by atoms with E-state index in [4.69, 9.17) is 0 Å². The van der Waals surface area contributed by atoms with Gasteiger partial charge in [0.1, 0.15) is 0 Å². The lowest BCUT2D eigenvalue weighted by Crippen LogP contribution is -2.44. The van der Waals surface area contributed by atoms with Gasteiger partial charge in [-0.3, -0.25) is 0 Å². The van der Waals surface area contributed by atoms with Crippen LogP contribution in [0.25, 0.3) is 0 Å². The SMILES string of the molecule is C=C1CCC(C)C/C1=C/C=C1\CCC[C@@]2(C)C1CCCC2C(C)/C=C/C(C)C(C)C.[HH]. The molecular weight excluding hydrogens is 360 g/mol. The molecule has 0 nitrogen and oxygen atoms in total. The van der Waals surface area contributed by atoms with E-state index in [1.54, 1.807) is 5.57 Å². The third kappa shape index (κ3) is 5.23. The molecule has 3 aliphatic carbocycles. The maximum Gasteiger partial charge on any atom is 0 e. The highest BCUT2D eigenvalue weighted by molar-refractivity contribution is 5.35. The van der Waals surface area contributed by atoms with Gasteiger partial charge in [-0.05, 0) is 97.9 Å². The van der Waals surface area contributed by atoms with E-state index >= 15 is 0 Å². The van der Waals surface area contributed by atoms with Gasteiger partial charge in [0.2, 0.25) is 0 Å². The minimum absolute atomic E-state index is 0. The molecule has 170 valence electrons. The van der Waals surface area contributed by atoms with Gasteiger partial charge < -0.3 is 0 Å². The van der Waals surface area contributed by atoms with Crippen molar-refractivity contribution in [2.75, 3.05) is 0 Å². The summed E-state index contributed by atoms with van der Waals surface area (Å²) in [6.45, 7) is 18.9. The Morgan fingerprint density at radius 3 is 2.50 bits per heavy atom. The fourth-order valence-electron chi connectivity index (χ4n) is 6.64. The summed E-state index contributed by atoms with van der Waals surface area (Å²) >= 11 is 0. The zero-order valence-corrected chi connectivity index (χ0v) is 20.8. The second-order valence-corrected chi connectivity index (χ2v) is 11.7. The molecule has 6 atom stereocenters.